The molecule has 0 atom stereocenters. The normalized spacial score (nSPS) is 14.9. The molecule has 4 nitrogen and oxygen atoms in total. The second kappa shape index (κ2) is 4.12. The molecule has 0 aliphatic heterocycles. The molecule has 1 aliphatic carbocycles. The summed E-state index contributed by atoms with van der Waals surface area (Å²) in [6.07, 6.45) is 4.04. The molecule has 0 unspecified atom stereocenters. The van der Waals surface area contributed by atoms with Gasteiger partial charge >= 0.3 is 0 Å². The summed E-state index contributed by atoms with van der Waals surface area (Å²) in [5.74, 6) is 0.658. The Labute approximate surface area is 95.5 Å². The highest BCUT2D eigenvalue weighted by Crippen LogP contribution is 2.29. The highest BCUT2D eigenvalue weighted by atomic mass is 16.2. The third-order valence-electron chi connectivity index (χ3n) is 2.88. The van der Waals surface area contributed by atoms with Gasteiger partial charge < -0.3 is 10.6 Å². The number of nitrogens with zero attached hydrogens (tertiary/aromatic N) is 2. The topological polar surface area (TPSA) is 59.2 Å². The van der Waals surface area contributed by atoms with Gasteiger partial charge in [-0.2, -0.15) is 0 Å². The van der Waals surface area contributed by atoms with Crippen LogP contribution >= 0.6 is 0 Å². The number of rotatable bonds is 3. The second-order valence-corrected chi connectivity index (χ2v) is 4.54. The smallest absolute Gasteiger partial charge is 0.257 e. The predicted octanol–water partition coefficient (Wildman–Crippen LogP) is 1.45. The van der Waals surface area contributed by atoms with Crippen LogP contribution in [0.15, 0.2) is 12.3 Å². The first-order valence-corrected chi connectivity index (χ1v) is 5.55. The molecular formula is C12H17N3O. The van der Waals surface area contributed by atoms with Crippen molar-refractivity contribution in [1.82, 2.24) is 9.88 Å². The van der Waals surface area contributed by atoms with Gasteiger partial charge in [0.2, 0.25) is 0 Å². The molecule has 1 aliphatic rings. The van der Waals surface area contributed by atoms with Gasteiger partial charge in [-0.1, -0.05) is 0 Å². The van der Waals surface area contributed by atoms with Gasteiger partial charge in [0.1, 0.15) is 0 Å². The molecule has 1 heterocycles. The molecule has 0 spiro atoms. The Hall–Kier alpha value is -1.58. The van der Waals surface area contributed by atoms with Crippen LogP contribution in [0.5, 0.6) is 0 Å². The van der Waals surface area contributed by atoms with Gasteiger partial charge in [-0.3, -0.25) is 9.78 Å². The van der Waals surface area contributed by atoms with Crippen LogP contribution in [0.25, 0.3) is 0 Å². The summed E-state index contributed by atoms with van der Waals surface area (Å²) < 4.78 is 0. The molecule has 0 bridgehead atoms. The highest BCUT2D eigenvalue weighted by Gasteiger charge is 2.25. The van der Waals surface area contributed by atoms with Crippen LogP contribution < -0.4 is 5.73 Å². The van der Waals surface area contributed by atoms with Crippen molar-refractivity contribution in [2.24, 2.45) is 5.92 Å². The number of carbonyl (C=O) groups excluding carboxylic acids is 1. The summed E-state index contributed by atoms with van der Waals surface area (Å²) in [7, 11) is 1.82. The van der Waals surface area contributed by atoms with Crippen molar-refractivity contribution in [1.29, 1.82) is 0 Å². The van der Waals surface area contributed by atoms with Gasteiger partial charge in [-0.15, -0.1) is 0 Å². The lowest BCUT2D eigenvalue weighted by Gasteiger charge is -2.17. The number of nitrogen functional groups attached to an aromatic ring is 1. The quantitative estimate of drug-likeness (QED) is 0.837. The molecule has 0 aromatic carbocycles. The van der Waals surface area contributed by atoms with Gasteiger partial charge in [-0.25, -0.2) is 0 Å². The largest absolute Gasteiger partial charge is 0.398 e. The van der Waals surface area contributed by atoms with Gasteiger partial charge in [-0.05, 0) is 31.7 Å². The van der Waals surface area contributed by atoms with Gasteiger partial charge in [0.05, 0.1) is 5.56 Å². The van der Waals surface area contributed by atoms with E-state index in [-0.39, 0.29) is 5.91 Å². The molecular weight excluding hydrogens is 202 g/mol. The number of aromatic nitrogens is 1. The van der Waals surface area contributed by atoms with Crippen LogP contribution in [0.3, 0.4) is 0 Å². The van der Waals surface area contributed by atoms with Gasteiger partial charge in [0, 0.05) is 31.2 Å². The minimum atomic E-state index is -0.0306. The SMILES string of the molecule is Cc1cc(N)c(C(=O)N(C)CC2CC2)cn1. The average Bonchev–Trinajstić information content (AvgIpc) is 3.00. The Balaban J connectivity index is 2.12. The molecule has 0 saturated heterocycles. The summed E-state index contributed by atoms with van der Waals surface area (Å²) >= 11 is 0. The maximum absolute atomic E-state index is 12.0. The van der Waals surface area contributed by atoms with E-state index < -0.39 is 0 Å². The van der Waals surface area contributed by atoms with Crippen molar-refractivity contribution in [2.45, 2.75) is 19.8 Å². The summed E-state index contributed by atoms with van der Waals surface area (Å²) in [5, 5.41) is 0. The fourth-order valence-corrected chi connectivity index (χ4v) is 1.74. The molecule has 16 heavy (non-hydrogen) atoms. The van der Waals surface area contributed by atoms with E-state index in [1.54, 1.807) is 17.2 Å². The van der Waals surface area contributed by atoms with Crippen LogP contribution in [-0.2, 0) is 0 Å². The number of nitrogens with two attached hydrogens (primary N) is 1. The van der Waals surface area contributed by atoms with Gasteiger partial charge in [0.25, 0.3) is 5.91 Å². The predicted molar refractivity (Wildman–Crippen MR) is 63.1 cm³/mol. The maximum Gasteiger partial charge on any atom is 0.257 e. The average molecular weight is 219 g/mol. The zero-order valence-corrected chi connectivity index (χ0v) is 9.73. The number of anilines is 1. The summed E-state index contributed by atoms with van der Waals surface area (Å²) in [6.45, 7) is 2.69. The molecule has 1 aromatic rings. The minimum Gasteiger partial charge on any atom is -0.398 e. The van der Waals surface area contributed by atoms with Crippen LogP contribution in [0.2, 0.25) is 0 Å². The molecule has 86 valence electrons. The van der Waals surface area contributed by atoms with E-state index in [1.807, 2.05) is 14.0 Å². The summed E-state index contributed by atoms with van der Waals surface area (Å²) in [4.78, 5) is 17.9. The van der Waals surface area contributed by atoms with Gasteiger partial charge in [0.15, 0.2) is 0 Å². The molecule has 2 rings (SSSR count). The molecule has 4 heteroatoms. The van der Waals surface area contributed by atoms with E-state index >= 15 is 0 Å². The van der Waals surface area contributed by atoms with Crippen LogP contribution in [0.1, 0.15) is 28.9 Å². The van der Waals surface area contributed by atoms with E-state index in [1.165, 1.54) is 12.8 Å². The lowest BCUT2D eigenvalue weighted by Crippen LogP contribution is -2.29. The zero-order valence-electron chi connectivity index (χ0n) is 9.73. The number of hydrogen-bond donors (Lipinski definition) is 1. The van der Waals surface area contributed by atoms with Crippen molar-refractivity contribution in [3.63, 3.8) is 0 Å². The Morgan fingerprint density at radius 3 is 2.88 bits per heavy atom. The fourth-order valence-electron chi connectivity index (χ4n) is 1.74. The third kappa shape index (κ3) is 2.32. The third-order valence-corrected chi connectivity index (χ3v) is 2.88. The first-order chi connectivity index (χ1) is 7.58. The minimum absolute atomic E-state index is 0.0306. The summed E-state index contributed by atoms with van der Waals surface area (Å²) in [6, 6.07) is 1.73. The van der Waals surface area contributed by atoms with E-state index in [9.17, 15) is 4.79 Å². The Morgan fingerprint density at radius 1 is 1.62 bits per heavy atom. The van der Waals surface area contributed by atoms with Crippen molar-refractivity contribution >= 4 is 11.6 Å². The number of amides is 1. The number of carbonyl (C=O) groups is 1. The molecule has 1 aromatic heterocycles. The molecule has 2 N–H and O–H groups in total. The molecule has 1 saturated carbocycles. The van der Waals surface area contributed by atoms with Crippen molar-refractivity contribution in [2.75, 3.05) is 19.3 Å². The number of hydrogen-bond acceptors (Lipinski definition) is 3. The first kappa shape index (κ1) is 10.9. The fraction of sp³-hybridized carbons (Fsp3) is 0.500. The monoisotopic (exact) mass is 219 g/mol. The lowest BCUT2D eigenvalue weighted by atomic mass is 10.2. The molecule has 1 amide bonds. The Bertz CT molecular complexity index is 413. The highest BCUT2D eigenvalue weighted by molar-refractivity contribution is 5.98. The van der Waals surface area contributed by atoms with E-state index in [0.29, 0.717) is 17.2 Å². The zero-order chi connectivity index (χ0) is 11.7. The van der Waals surface area contributed by atoms with Crippen LogP contribution in [0.4, 0.5) is 5.69 Å². The van der Waals surface area contributed by atoms with Crippen LogP contribution in [-0.4, -0.2) is 29.4 Å². The molecule has 0 radical (unpaired) electrons. The Morgan fingerprint density at radius 2 is 2.31 bits per heavy atom. The van der Waals surface area contributed by atoms with Crippen molar-refractivity contribution in [3.05, 3.63) is 23.5 Å². The van der Waals surface area contributed by atoms with E-state index in [4.69, 9.17) is 5.73 Å². The lowest BCUT2D eigenvalue weighted by molar-refractivity contribution is 0.0789. The number of aryl methyl sites for hydroxylation is 1. The molecule has 1 fully saturated rings. The first-order valence-electron chi connectivity index (χ1n) is 5.55. The number of pyridine rings is 1. The van der Waals surface area contributed by atoms with Crippen molar-refractivity contribution in [3.8, 4) is 0 Å². The maximum atomic E-state index is 12.0. The standard InChI is InChI=1S/C12H17N3O/c1-8-5-11(13)10(6-14-8)12(16)15(2)7-9-3-4-9/h5-6,9H,3-4,7H2,1-2H3,(H2,13,14). The van der Waals surface area contributed by atoms with Crippen molar-refractivity contribution < 1.29 is 4.79 Å². The van der Waals surface area contributed by atoms with E-state index in [0.717, 1.165) is 12.2 Å². The second-order valence-electron chi connectivity index (χ2n) is 4.54. The summed E-state index contributed by atoms with van der Waals surface area (Å²) in [5.41, 5.74) is 7.67. The van der Waals surface area contributed by atoms with Crippen LogP contribution in [0, 0.1) is 12.8 Å². The van der Waals surface area contributed by atoms with E-state index in [2.05, 4.69) is 4.98 Å². The Kier molecular flexibility index (Phi) is 2.81.